The van der Waals surface area contributed by atoms with Gasteiger partial charge in [-0.3, -0.25) is 0 Å². The molecule has 2 aliphatic carbocycles. The van der Waals surface area contributed by atoms with Crippen molar-refractivity contribution >= 4 is 0 Å². The summed E-state index contributed by atoms with van der Waals surface area (Å²) in [5, 5.41) is 7.35. The van der Waals surface area contributed by atoms with Gasteiger partial charge in [0.2, 0.25) is 0 Å². The Morgan fingerprint density at radius 3 is 1.86 bits per heavy atom. The highest BCUT2D eigenvalue weighted by Gasteiger charge is 2.45. The van der Waals surface area contributed by atoms with Gasteiger partial charge in [-0.25, -0.2) is 0 Å². The van der Waals surface area contributed by atoms with E-state index in [9.17, 15) is 0 Å². The van der Waals surface area contributed by atoms with Crippen LogP contribution in [0.3, 0.4) is 0 Å². The first-order chi connectivity index (χ1) is 9.64. The highest BCUT2D eigenvalue weighted by Crippen LogP contribution is 2.52. The maximum Gasteiger partial charge on any atom is 0.00966 e. The SMILES string of the molecule is CC(C)(C)NCCCC1CC2CC1CC2CNC(C)(C)C. The van der Waals surface area contributed by atoms with Gasteiger partial charge in [0.1, 0.15) is 0 Å². The Bertz CT molecular complexity index is 323. The van der Waals surface area contributed by atoms with E-state index in [2.05, 4.69) is 52.2 Å². The maximum absolute atomic E-state index is 3.72. The summed E-state index contributed by atoms with van der Waals surface area (Å²) >= 11 is 0. The van der Waals surface area contributed by atoms with E-state index in [0.29, 0.717) is 0 Å². The number of hydrogen-bond acceptors (Lipinski definition) is 2. The Morgan fingerprint density at radius 2 is 1.33 bits per heavy atom. The zero-order valence-corrected chi connectivity index (χ0v) is 15.3. The Balaban J connectivity index is 1.64. The lowest BCUT2D eigenvalue weighted by atomic mass is 9.79. The van der Waals surface area contributed by atoms with E-state index in [1.807, 2.05) is 0 Å². The van der Waals surface area contributed by atoms with Crippen LogP contribution in [0.1, 0.15) is 73.6 Å². The van der Waals surface area contributed by atoms with Crippen LogP contribution in [-0.4, -0.2) is 24.2 Å². The second-order valence-corrected chi connectivity index (χ2v) is 9.70. The molecule has 2 saturated carbocycles. The van der Waals surface area contributed by atoms with Crippen molar-refractivity contribution < 1.29 is 0 Å². The smallest absolute Gasteiger partial charge is 0.00966 e. The van der Waals surface area contributed by atoms with Crippen LogP contribution in [0.25, 0.3) is 0 Å². The van der Waals surface area contributed by atoms with E-state index < -0.39 is 0 Å². The first-order valence-corrected chi connectivity index (χ1v) is 9.14. The summed E-state index contributed by atoms with van der Waals surface area (Å²) in [4.78, 5) is 0. The molecule has 0 saturated heterocycles. The molecule has 0 spiro atoms. The average Bonchev–Trinajstić information content (AvgIpc) is 2.89. The number of nitrogens with one attached hydrogen (secondary N) is 2. The van der Waals surface area contributed by atoms with Gasteiger partial charge in [0.15, 0.2) is 0 Å². The van der Waals surface area contributed by atoms with Gasteiger partial charge in [-0.15, -0.1) is 0 Å². The average molecular weight is 295 g/mol. The fourth-order valence-electron chi connectivity index (χ4n) is 4.38. The standard InChI is InChI=1S/C19H38N2/c1-18(2,3)20-9-7-8-14-10-16-11-15(14)12-17(16)13-21-19(4,5)6/h14-17,20-21H,7-13H2,1-6H3. The summed E-state index contributed by atoms with van der Waals surface area (Å²) in [6.45, 7) is 16.1. The molecule has 2 bridgehead atoms. The third-order valence-corrected chi connectivity index (χ3v) is 5.45. The van der Waals surface area contributed by atoms with Crippen molar-refractivity contribution in [2.45, 2.75) is 84.7 Å². The Kier molecular flexibility index (Phi) is 5.41. The molecule has 2 nitrogen and oxygen atoms in total. The molecule has 2 fully saturated rings. The molecule has 0 radical (unpaired) electrons. The summed E-state index contributed by atoms with van der Waals surface area (Å²) < 4.78 is 0. The molecule has 21 heavy (non-hydrogen) atoms. The molecule has 0 heterocycles. The molecule has 124 valence electrons. The molecular formula is C19H38N2. The molecule has 2 N–H and O–H groups in total. The van der Waals surface area contributed by atoms with E-state index in [4.69, 9.17) is 0 Å². The van der Waals surface area contributed by atoms with E-state index in [-0.39, 0.29) is 11.1 Å². The first-order valence-electron chi connectivity index (χ1n) is 9.14. The predicted octanol–water partition coefficient (Wildman–Crippen LogP) is 4.21. The van der Waals surface area contributed by atoms with Crippen LogP contribution in [-0.2, 0) is 0 Å². The highest BCUT2D eigenvalue weighted by atomic mass is 15.0. The van der Waals surface area contributed by atoms with E-state index in [0.717, 1.165) is 23.7 Å². The van der Waals surface area contributed by atoms with Gasteiger partial charge in [0, 0.05) is 11.1 Å². The van der Waals surface area contributed by atoms with Crippen LogP contribution in [0.15, 0.2) is 0 Å². The van der Waals surface area contributed by atoms with Crippen LogP contribution in [0.4, 0.5) is 0 Å². The minimum Gasteiger partial charge on any atom is -0.312 e. The number of hydrogen-bond donors (Lipinski definition) is 2. The van der Waals surface area contributed by atoms with Crippen LogP contribution >= 0.6 is 0 Å². The molecule has 2 heteroatoms. The van der Waals surface area contributed by atoms with Crippen molar-refractivity contribution in [1.82, 2.24) is 10.6 Å². The summed E-state index contributed by atoms with van der Waals surface area (Å²) in [5.74, 6) is 4.04. The molecule has 0 aromatic rings. The van der Waals surface area contributed by atoms with Gasteiger partial charge >= 0.3 is 0 Å². The van der Waals surface area contributed by atoms with Gasteiger partial charge in [0.25, 0.3) is 0 Å². The molecule has 0 aromatic carbocycles. The molecule has 0 aromatic heterocycles. The maximum atomic E-state index is 3.72. The van der Waals surface area contributed by atoms with Crippen LogP contribution in [0.2, 0.25) is 0 Å². The zero-order valence-electron chi connectivity index (χ0n) is 15.3. The van der Waals surface area contributed by atoms with Gasteiger partial charge in [-0.1, -0.05) is 0 Å². The van der Waals surface area contributed by atoms with Crippen molar-refractivity contribution in [3.05, 3.63) is 0 Å². The molecule has 0 amide bonds. The number of rotatable bonds is 6. The predicted molar refractivity (Wildman–Crippen MR) is 92.6 cm³/mol. The van der Waals surface area contributed by atoms with E-state index >= 15 is 0 Å². The topological polar surface area (TPSA) is 24.1 Å². The fourth-order valence-corrected chi connectivity index (χ4v) is 4.38. The van der Waals surface area contributed by atoms with Crippen molar-refractivity contribution in [2.24, 2.45) is 23.7 Å². The lowest BCUT2D eigenvalue weighted by Gasteiger charge is -2.31. The van der Waals surface area contributed by atoms with Gasteiger partial charge in [-0.05, 0) is 110 Å². The van der Waals surface area contributed by atoms with Gasteiger partial charge in [-0.2, -0.15) is 0 Å². The van der Waals surface area contributed by atoms with Crippen molar-refractivity contribution in [3.63, 3.8) is 0 Å². The van der Waals surface area contributed by atoms with Crippen molar-refractivity contribution in [1.29, 1.82) is 0 Å². The summed E-state index contributed by atoms with van der Waals surface area (Å²) in [6, 6.07) is 0. The molecule has 0 aliphatic heterocycles. The Morgan fingerprint density at radius 1 is 0.762 bits per heavy atom. The molecule has 4 unspecified atom stereocenters. The highest BCUT2D eigenvalue weighted by molar-refractivity contribution is 4.96. The summed E-state index contributed by atoms with van der Waals surface area (Å²) in [7, 11) is 0. The second kappa shape index (κ2) is 6.58. The zero-order chi connectivity index (χ0) is 15.7. The third kappa shape index (κ3) is 5.56. The lowest BCUT2D eigenvalue weighted by molar-refractivity contribution is 0.224. The van der Waals surface area contributed by atoms with Crippen LogP contribution in [0, 0.1) is 23.7 Å². The summed E-state index contributed by atoms with van der Waals surface area (Å²) in [6.07, 6.45) is 7.33. The van der Waals surface area contributed by atoms with Crippen LogP contribution < -0.4 is 10.6 Å². The molecule has 2 aliphatic rings. The Labute approximate surface area is 132 Å². The third-order valence-electron chi connectivity index (χ3n) is 5.45. The monoisotopic (exact) mass is 294 g/mol. The van der Waals surface area contributed by atoms with Gasteiger partial charge in [0.05, 0.1) is 0 Å². The lowest BCUT2D eigenvalue weighted by Crippen LogP contribution is -2.40. The largest absolute Gasteiger partial charge is 0.312 e. The normalized spacial score (nSPS) is 32.9. The first kappa shape index (κ1) is 17.3. The van der Waals surface area contributed by atoms with Crippen LogP contribution in [0.5, 0.6) is 0 Å². The Hall–Kier alpha value is -0.0800. The van der Waals surface area contributed by atoms with Crippen molar-refractivity contribution in [2.75, 3.05) is 13.1 Å². The molecule has 4 atom stereocenters. The van der Waals surface area contributed by atoms with Gasteiger partial charge < -0.3 is 10.6 Å². The molecule has 2 rings (SSSR count). The summed E-state index contributed by atoms with van der Waals surface area (Å²) in [5.41, 5.74) is 0.554. The minimum absolute atomic E-state index is 0.276. The quantitative estimate of drug-likeness (QED) is 0.717. The minimum atomic E-state index is 0.276. The number of fused-ring (bicyclic) bond motifs is 2. The van der Waals surface area contributed by atoms with E-state index in [1.54, 1.807) is 0 Å². The second-order valence-electron chi connectivity index (χ2n) is 9.70. The van der Waals surface area contributed by atoms with Crippen molar-refractivity contribution in [3.8, 4) is 0 Å². The fraction of sp³-hybridized carbons (Fsp3) is 1.00. The van der Waals surface area contributed by atoms with E-state index in [1.165, 1.54) is 45.2 Å². The molecular weight excluding hydrogens is 256 g/mol.